The molecule has 0 fully saturated rings. The number of hydrogen-bond acceptors (Lipinski definition) is 5. The van der Waals surface area contributed by atoms with Crippen molar-refractivity contribution in [3.8, 4) is 11.5 Å². The fraction of sp³-hybridized carbons (Fsp3) is 0.240. The molecule has 1 aliphatic rings. The number of nitrogens with zero attached hydrogens (tertiary/aromatic N) is 1. The van der Waals surface area contributed by atoms with E-state index in [2.05, 4.69) is 5.32 Å². The fourth-order valence-corrected chi connectivity index (χ4v) is 5.21. The first-order valence-electron chi connectivity index (χ1n) is 10.7. The summed E-state index contributed by atoms with van der Waals surface area (Å²) in [5.74, 6) is 0.558. The SMILES string of the molecule is Cc1ccccc1OCCNC(=O)[C@@H]1CN(S(=O)(=O)Cc2ccccc2)c2ccccc2O1. The van der Waals surface area contributed by atoms with E-state index in [0.29, 0.717) is 17.0 Å². The quantitative estimate of drug-likeness (QED) is 0.515. The number of rotatable bonds is 8. The first kappa shape index (κ1) is 22.7. The van der Waals surface area contributed by atoms with Crippen molar-refractivity contribution in [2.45, 2.75) is 18.8 Å². The van der Waals surface area contributed by atoms with Crippen molar-refractivity contribution < 1.29 is 22.7 Å². The van der Waals surface area contributed by atoms with Gasteiger partial charge in [-0.1, -0.05) is 60.7 Å². The largest absolute Gasteiger partial charge is 0.491 e. The Morgan fingerprint density at radius 1 is 1.03 bits per heavy atom. The van der Waals surface area contributed by atoms with Crippen LogP contribution in [0.3, 0.4) is 0 Å². The van der Waals surface area contributed by atoms with Crippen LogP contribution in [0.2, 0.25) is 0 Å². The van der Waals surface area contributed by atoms with Crippen molar-refractivity contribution in [3.05, 3.63) is 90.0 Å². The molecule has 0 saturated heterocycles. The van der Waals surface area contributed by atoms with Gasteiger partial charge in [0.2, 0.25) is 10.0 Å². The van der Waals surface area contributed by atoms with E-state index in [0.717, 1.165) is 11.3 Å². The Bertz CT molecular complexity index is 1210. The van der Waals surface area contributed by atoms with Crippen LogP contribution in [0.4, 0.5) is 5.69 Å². The molecule has 1 heterocycles. The monoisotopic (exact) mass is 466 g/mol. The number of fused-ring (bicyclic) bond motifs is 1. The number of sulfonamides is 1. The number of carbonyl (C=O) groups excluding carboxylic acids is 1. The number of amides is 1. The van der Waals surface area contributed by atoms with Crippen LogP contribution in [0, 0.1) is 6.92 Å². The molecule has 0 bridgehead atoms. The van der Waals surface area contributed by atoms with Crippen LogP contribution < -0.4 is 19.1 Å². The van der Waals surface area contributed by atoms with Gasteiger partial charge in [0.15, 0.2) is 6.10 Å². The molecular formula is C25H26N2O5S. The number of benzene rings is 3. The summed E-state index contributed by atoms with van der Waals surface area (Å²) in [6.07, 6.45) is -0.969. The molecule has 33 heavy (non-hydrogen) atoms. The van der Waals surface area contributed by atoms with Crippen molar-refractivity contribution >= 4 is 21.6 Å². The molecule has 7 nitrogen and oxygen atoms in total. The Balaban J connectivity index is 1.43. The normalized spacial score (nSPS) is 15.3. The van der Waals surface area contributed by atoms with E-state index in [1.54, 1.807) is 48.5 Å². The number of nitrogens with one attached hydrogen (secondary N) is 1. The number of carbonyl (C=O) groups is 1. The first-order chi connectivity index (χ1) is 15.9. The van der Waals surface area contributed by atoms with E-state index in [1.165, 1.54) is 4.31 Å². The van der Waals surface area contributed by atoms with Gasteiger partial charge in [0.05, 0.1) is 24.5 Å². The number of hydrogen-bond donors (Lipinski definition) is 1. The van der Waals surface area contributed by atoms with Crippen LogP contribution in [0.15, 0.2) is 78.9 Å². The molecule has 0 spiro atoms. The van der Waals surface area contributed by atoms with Crippen molar-refractivity contribution in [2.24, 2.45) is 0 Å². The van der Waals surface area contributed by atoms with Gasteiger partial charge < -0.3 is 14.8 Å². The van der Waals surface area contributed by atoms with E-state index in [4.69, 9.17) is 9.47 Å². The van der Waals surface area contributed by atoms with Gasteiger partial charge in [-0.15, -0.1) is 0 Å². The van der Waals surface area contributed by atoms with Gasteiger partial charge in [-0.05, 0) is 36.2 Å². The second kappa shape index (κ2) is 9.95. The fourth-order valence-electron chi connectivity index (χ4n) is 3.63. The molecule has 1 amide bonds. The third-order valence-corrected chi connectivity index (χ3v) is 7.02. The molecule has 3 aromatic carbocycles. The van der Waals surface area contributed by atoms with E-state index in [9.17, 15) is 13.2 Å². The smallest absolute Gasteiger partial charge is 0.263 e. The third-order valence-electron chi connectivity index (χ3n) is 5.31. The van der Waals surface area contributed by atoms with Crippen LogP contribution in [0.1, 0.15) is 11.1 Å². The molecule has 0 aromatic heterocycles. The highest BCUT2D eigenvalue weighted by Crippen LogP contribution is 2.35. The lowest BCUT2D eigenvalue weighted by atomic mass is 10.2. The zero-order valence-corrected chi connectivity index (χ0v) is 19.1. The predicted octanol–water partition coefficient (Wildman–Crippen LogP) is 3.29. The van der Waals surface area contributed by atoms with Crippen molar-refractivity contribution in [1.29, 1.82) is 0 Å². The van der Waals surface area contributed by atoms with E-state index < -0.39 is 22.0 Å². The molecular weight excluding hydrogens is 440 g/mol. The molecule has 8 heteroatoms. The van der Waals surface area contributed by atoms with Crippen LogP contribution in [0.25, 0.3) is 0 Å². The topological polar surface area (TPSA) is 84.9 Å². The molecule has 1 atom stereocenters. The van der Waals surface area contributed by atoms with E-state index in [1.807, 2.05) is 37.3 Å². The van der Waals surface area contributed by atoms with Crippen LogP contribution in [-0.4, -0.2) is 40.1 Å². The van der Waals surface area contributed by atoms with Gasteiger partial charge in [-0.25, -0.2) is 8.42 Å². The van der Waals surface area contributed by atoms with E-state index >= 15 is 0 Å². The van der Waals surface area contributed by atoms with Crippen LogP contribution in [0.5, 0.6) is 11.5 Å². The summed E-state index contributed by atoms with van der Waals surface area (Å²) >= 11 is 0. The maximum atomic E-state index is 13.3. The maximum absolute atomic E-state index is 13.3. The highest BCUT2D eigenvalue weighted by Gasteiger charge is 2.36. The second-order valence-electron chi connectivity index (χ2n) is 7.75. The molecule has 1 aliphatic heterocycles. The van der Waals surface area contributed by atoms with Gasteiger partial charge in [-0.3, -0.25) is 9.10 Å². The minimum Gasteiger partial charge on any atom is -0.491 e. The molecule has 0 aliphatic carbocycles. The van der Waals surface area contributed by atoms with Gasteiger partial charge in [0.25, 0.3) is 5.91 Å². The molecule has 0 radical (unpaired) electrons. The molecule has 1 N–H and O–H groups in total. The molecule has 4 rings (SSSR count). The molecule has 0 unspecified atom stereocenters. The average Bonchev–Trinajstić information content (AvgIpc) is 2.82. The second-order valence-corrected chi connectivity index (χ2v) is 9.65. The summed E-state index contributed by atoms with van der Waals surface area (Å²) in [4.78, 5) is 12.8. The molecule has 3 aromatic rings. The van der Waals surface area contributed by atoms with Crippen LogP contribution >= 0.6 is 0 Å². The summed E-state index contributed by atoms with van der Waals surface area (Å²) < 4.78 is 39.3. The number of aryl methyl sites for hydroxylation is 1. The van der Waals surface area contributed by atoms with Crippen molar-refractivity contribution in [3.63, 3.8) is 0 Å². The lowest BCUT2D eigenvalue weighted by molar-refractivity contribution is -0.127. The Hall–Kier alpha value is -3.52. The summed E-state index contributed by atoms with van der Waals surface area (Å²) in [7, 11) is -3.73. The minimum atomic E-state index is -3.73. The predicted molar refractivity (Wildman–Crippen MR) is 127 cm³/mol. The lowest BCUT2D eigenvalue weighted by Crippen LogP contribution is -2.51. The highest BCUT2D eigenvalue weighted by molar-refractivity contribution is 7.92. The van der Waals surface area contributed by atoms with Crippen molar-refractivity contribution in [1.82, 2.24) is 5.32 Å². The first-order valence-corrected chi connectivity index (χ1v) is 12.3. The Morgan fingerprint density at radius 3 is 2.52 bits per heavy atom. The molecule has 0 saturated carbocycles. The number of para-hydroxylation sites is 3. The zero-order chi connectivity index (χ0) is 23.3. The van der Waals surface area contributed by atoms with Gasteiger partial charge in [0.1, 0.15) is 18.1 Å². The zero-order valence-electron chi connectivity index (χ0n) is 18.3. The Morgan fingerprint density at radius 2 is 1.73 bits per heavy atom. The summed E-state index contributed by atoms with van der Waals surface area (Å²) in [6, 6.07) is 23.4. The highest BCUT2D eigenvalue weighted by atomic mass is 32.2. The standard InChI is InChI=1S/C25H26N2O5S/c1-19-9-5-7-13-22(19)31-16-15-26-25(28)24-17-27(21-12-6-8-14-23(21)32-24)33(29,30)18-20-10-3-2-4-11-20/h2-14,24H,15-18H2,1H3,(H,26,28)/t24-/m0/s1. The Labute approximate surface area is 194 Å². The maximum Gasteiger partial charge on any atom is 0.263 e. The summed E-state index contributed by atoms with van der Waals surface area (Å²) in [6.45, 7) is 2.41. The minimum absolute atomic E-state index is 0.101. The number of anilines is 1. The van der Waals surface area contributed by atoms with Gasteiger partial charge in [-0.2, -0.15) is 0 Å². The average molecular weight is 467 g/mol. The third kappa shape index (κ3) is 5.46. The number of ether oxygens (including phenoxy) is 2. The lowest BCUT2D eigenvalue weighted by Gasteiger charge is -2.34. The van der Waals surface area contributed by atoms with Gasteiger partial charge >= 0.3 is 0 Å². The van der Waals surface area contributed by atoms with Crippen molar-refractivity contribution in [2.75, 3.05) is 24.0 Å². The Kier molecular flexibility index (Phi) is 6.84. The van der Waals surface area contributed by atoms with Gasteiger partial charge in [0, 0.05) is 0 Å². The van der Waals surface area contributed by atoms with Crippen LogP contribution in [-0.2, 0) is 20.6 Å². The summed E-state index contributed by atoms with van der Waals surface area (Å²) in [5, 5.41) is 2.78. The van der Waals surface area contributed by atoms with E-state index in [-0.39, 0.29) is 25.4 Å². The summed E-state index contributed by atoms with van der Waals surface area (Å²) in [5.41, 5.74) is 2.12. The molecule has 172 valence electrons.